The molecule has 1 aliphatic rings. The van der Waals surface area contributed by atoms with E-state index in [0.29, 0.717) is 45.1 Å². The van der Waals surface area contributed by atoms with Gasteiger partial charge in [0.15, 0.2) is 5.54 Å². The number of aromatic amines is 1. The van der Waals surface area contributed by atoms with Crippen molar-refractivity contribution in [3.8, 4) is 17.3 Å². The minimum atomic E-state index is -4.45. The Hall–Kier alpha value is -4.63. The predicted octanol–water partition coefficient (Wildman–Crippen LogP) is 7.76. The van der Waals surface area contributed by atoms with Crippen LogP contribution < -0.4 is 10.6 Å². The summed E-state index contributed by atoms with van der Waals surface area (Å²) in [6.07, 6.45) is 0.0258. The number of halogens is 4. The van der Waals surface area contributed by atoms with Gasteiger partial charge >= 0.3 is 6.18 Å². The first-order chi connectivity index (χ1) is 21.3. The Bertz CT molecular complexity index is 1910. The maximum atomic E-state index is 14.0. The van der Waals surface area contributed by atoms with Gasteiger partial charge in [0.25, 0.3) is 0 Å². The van der Waals surface area contributed by atoms with E-state index in [1.807, 2.05) is 37.3 Å². The van der Waals surface area contributed by atoms with Crippen molar-refractivity contribution in [2.24, 2.45) is 5.41 Å². The number of nitriles is 1. The molecule has 232 valence electrons. The number of anilines is 2. The molecule has 0 saturated heterocycles. The number of alkyl halides is 3. The molecule has 1 aliphatic carbocycles. The summed E-state index contributed by atoms with van der Waals surface area (Å²) >= 11 is 6.76. The van der Waals surface area contributed by atoms with Gasteiger partial charge in [0, 0.05) is 35.6 Å². The van der Waals surface area contributed by atoms with Gasteiger partial charge in [-0.2, -0.15) is 23.5 Å². The fraction of sp³-hybridized carbons (Fsp3) is 0.344. The number of nitrogens with one attached hydrogen (secondary N) is 3. The van der Waals surface area contributed by atoms with Crippen LogP contribution in [-0.4, -0.2) is 42.9 Å². The molecule has 13 heteroatoms. The van der Waals surface area contributed by atoms with E-state index < -0.39 is 17.8 Å². The van der Waals surface area contributed by atoms with Crippen molar-refractivity contribution in [1.29, 1.82) is 5.26 Å². The van der Waals surface area contributed by atoms with Crippen molar-refractivity contribution in [2.45, 2.75) is 58.3 Å². The predicted molar refractivity (Wildman–Crippen MR) is 167 cm³/mol. The Morgan fingerprint density at radius 1 is 1.18 bits per heavy atom. The van der Waals surface area contributed by atoms with Crippen LogP contribution in [0.1, 0.15) is 62.0 Å². The zero-order chi connectivity index (χ0) is 32.1. The molecule has 0 amide bonds. The van der Waals surface area contributed by atoms with Crippen molar-refractivity contribution in [1.82, 2.24) is 30.2 Å². The van der Waals surface area contributed by atoms with Crippen molar-refractivity contribution in [2.75, 3.05) is 17.2 Å². The molecular formula is C32H31ClF3N9. The molecule has 2 aromatic carbocycles. The second-order valence-electron chi connectivity index (χ2n) is 12.6. The third-order valence-electron chi connectivity index (χ3n) is 8.11. The lowest BCUT2D eigenvalue weighted by Gasteiger charge is -2.23. The first kappa shape index (κ1) is 30.4. The highest BCUT2D eigenvalue weighted by Gasteiger charge is 2.66. The van der Waals surface area contributed by atoms with Crippen molar-refractivity contribution in [3.63, 3.8) is 0 Å². The quantitative estimate of drug-likeness (QED) is 0.160. The zero-order valence-electron chi connectivity index (χ0n) is 25.1. The van der Waals surface area contributed by atoms with Crippen LogP contribution in [0.25, 0.3) is 22.2 Å². The number of benzene rings is 2. The van der Waals surface area contributed by atoms with Crippen molar-refractivity contribution in [3.05, 3.63) is 82.4 Å². The number of fused-ring (bicyclic) bond motifs is 1. The summed E-state index contributed by atoms with van der Waals surface area (Å²) in [6.45, 7) is 8.76. The molecule has 3 N–H and O–H groups in total. The molecule has 6 rings (SSSR count). The van der Waals surface area contributed by atoms with E-state index in [-0.39, 0.29) is 18.3 Å². The minimum absolute atomic E-state index is 0.0517. The zero-order valence-corrected chi connectivity index (χ0v) is 25.8. The van der Waals surface area contributed by atoms with E-state index in [2.05, 4.69) is 63.0 Å². The molecule has 3 heterocycles. The van der Waals surface area contributed by atoms with Crippen LogP contribution in [0, 0.1) is 23.7 Å². The van der Waals surface area contributed by atoms with Gasteiger partial charge in [0.2, 0.25) is 0 Å². The average molecular weight is 634 g/mol. The van der Waals surface area contributed by atoms with Crippen LogP contribution in [0.15, 0.2) is 55.0 Å². The Labute approximate surface area is 262 Å². The Kier molecular flexibility index (Phi) is 7.48. The van der Waals surface area contributed by atoms with Crippen LogP contribution in [0.5, 0.6) is 0 Å². The summed E-state index contributed by atoms with van der Waals surface area (Å²) in [4.78, 5) is 4.44. The molecule has 9 nitrogen and oxygen atoms in total. The first-order valence-electron chi connectivity index (χ1n) is 14.4. The molecule has 5 aromatic rings. The number of pyridine rings is 1. The summed E-state index contributed by atoms with van der Waals surface area (Å²) in [5.41, 5.74) is 3.43. The monoisotopic (exact) mass is 633 g/mol. The van der Waals surface area contributed by atoms with Gasteiger partial charge in [-0.05, 0) is 54.5 Å². The normalized spacial score (nSPS) is 15.1. The fourth-order valence-electron chi connectivity index (χ4n) is 5.48. The molecule has 0 spiro atoms. The lowest BCUT2D eigenvalue weighted by Crippen LogP contribution is -2.35. The molecule has 45 heavy (non-hydrogen) atoms. The molecule has 3 aromatic heterocycles. The first-order valence-corrected chi connectivity index (χ1v) is 14.8. The smallest absolute Gasteiger partial charge is 0.383 e. The van der Waals surface area contributed by atoms with E-state index in [4.69, 9.17) is 11.6 Å². The Morgan fingerprint density at radius 3 is 2.60 bits per heavy atom. The second-order valence-corrected chi connectivity index (χ2v) is 13.0. The Balaban J connectivity index is 1.48. The lowest BCUT2D eigenvalue weighted by molar-refractivity contribution is -0.182. The number of hydrogen-bond donors (Lipinski definition) is 3. The van der Waals surface area contributed by atoms with Gasteiger partial charge in [-0.3, -0.25) is 10.1 Å². The number of rotatable bonds is 8. The second kappa shape index (κ2) is 11.1. The van der Waals surface area contributed by atoms with Crippen LogP contribution in [0.2, 0.25) is 5.02 Å². The third-order valence-corrected chi connectivity index (χ3v) is 8.40. The van der Waals surface area contributed by atoms with Gasteiger partial charge in [0.05, 0.1) is 39.7 Å². The Morgan fingerprint density at radius 2 is 1.96 bits per heavy atom. The lowest BCUT2D eigenvalue weighted by atomic mass is 9.93. The highest BCUT2D eigenvalue weighted by Crippen LogP contribution is 2.55. The summed E-state index contributed by atoms with van der Waals surface area (Å²) < 4.78 is 42.9. The van der Waals surface area contributed by atoms with E-state index in [0.717, 1.165) is 27.1 Å². The van der Waals surface area contributed by atoms with Crippen LogP contribution in [0.3, 0.4) is 0 Å². The number of aromatic nitrogens is 6. The van der Waals surface area contributed by atoms with Gasteiger partial charge in [0.1, 0.15) is 11.8 Å². The molecule has 0 radical (unpaired) electrons. The largest absolute Gasteiger partial charge is 0.413 e. The third kappa shape index (κ3) is 5.68. The number of hydrogen-bond acceptors (Lipinski definition) is 7. The standard InChI is InChI=1S/C32H31ClF3N9/c1-18-21(25-8-11-40-42-25)6-5-7-22(18)29(26-16-45(44-43-26)31(9-10-31)32(34,35)36)41-20-12-23-27(39-17-30(2,3)4)19(14-37)15-38-28(23)24(33)13-20/h5-8,11-13,15-16,29,41H,9-10,17H2,1-4H3,(H,38,39)(H,40,42)/t29-/m0/s1. The highest BCUT2D eigenvalue weighted by molar-refractivity contribution is 6.35. The topological polar surface area (TPSA) is 120 Å². The number of nitrogens with zero attached hydrogens (tertiary/aromatic N) is 6. The van der Waals surface area contributed by atoms with E-state index >= 15 is 0 Å². The molecule has 0 aliphatic heterocycles. The SMILES string of the molecule is Cc1c(-c2cc[nH]n2)cccc1[C@H](Nc1cc(Cl)c2ncc(C#N)c(NCC(C)(C)C)c2c1)c1cn(C2(C(F)(F)F)CC2)nn1. The van der Waals surface area contributed by atoms with Gasteiger partial charge in [-0.25, -0.2) is 4.68 Å². The highest BCUT2D eigenvalue weighted by atomic mass is 35.5. The van der Waals surface area contributed by atoms with Crippen molar-refractivity contribution < 1.29 is 13.2 Å². The summed E-state index contributed by atoms with van der Waals surface area (Å²) in [6, 6.07) is 12.6. The van der Waals surface area contributed by atoms with E-state index in [1.165, 1.54) is 12.4 Å². The molecule has 0 unspecified atom stereocenters. The van der Waals surface area contributed by atoms with E-state index in [9.17, 15) is 18.4 Å². The van der Waals surface area contributed by atoms with Crippen LogP contribution in [0.4, 0.5) is 24.5 Å². The van der Waals surface area contributed by atoms with Crippen LogP contribution >= 0.6 is 11.6 Å². The maximum absolute atomic E-state index is 14.0. The summed E-state index contributed by atoms with van der Waals surface area (Å²) in [7, 11) is 0. The summed E-state index contributed by atoms with van der Waals surface area (Å²) in [5, 5.41) is 33.1. The van der Waals surface area contributed by atoms with Gasteiger partial charge < -0.3 is 10.6 Å². The number of H-pyrrole nitrogens is 1. The van der Waals surface area contributed by atoms with E-state index in [1.54, 1.807) is 12.3 Å². The maximum Gasteiger partial charge on any atom is 0.413 e. The molecule has 1 fully saturated rings. The summed E-state index contributed by atoms with van der Waals surface area (Å²) in [5.74, 6) is 0. The molecule has 0 bridgehead atoms. The minimum Gasteiger partial charge on any atom is -0.383 e. The van der Waals surface area contributed by atoms with Gasteiger partial charge in [-0.1, -0.05) is 55.8 Å². The van der Waals surface area contributed by atoms with Gasteiger partial charge in [-0.15, -0.1) is 5.10 Å². The molecular weight excluding hydrogens is 603 g/mol. The van der Waals surface area contributed by atoms with Crippen molar-refractivity contribution >= 4 is 33.9 Å². The average Bonchev–Trinajstić information content (AvgIpc) is 3.38. The van der Waals surface area contributed by atoms with Crippen LogP contribution in [-0.2, 0) is 5.54 Å². The molecule has 1 saturated carbocycles. The molecule has 1 atom stereocenters. The fourth-order valence-corrected chi connectivity index (χ4v) is 5.75.